The van der Waals surface area contributed by atoms with E-state index in [0.717, 1.165) is 4.88 Å². The molecule has 29 heavy (non-hydrogen) atoms. The van der Waals surface area contributed by atoms with Crippen LogP contribution in [0.2, 0.25) is 4.34 Å². The summed E-state index contributed by atoms with van der Waals surface area (Å²) in [6, 6.07) is 8.22. The average molecular weight is 450 g/mol. The summed E-state index contributed by atoms with van der Waals surface area (Å²) in [5, 5.41) is 10.5. The number of rotatable bonds is 5. The van der Waals surface area contributed by atoms with Crippen molar-refractivity contribution < 1.29 is 14.0 Å². The second-order valence-corrected chi connectivity index (χ2v) is 8.66. The number of aromatic nitrogens is 1. The molecule has 7 nitrogen and oxygen atoms in total. The molecule has 0 fully saturated rings. The van der Waals surface area contributed by atoms with Crippen LogP contribution in [0.25, 0.3) is 10.6 Å². The molecule has 0 radical (unpaired) electrons. The molecule has 148 valence electrons. The van der Waals surface area contributed by atoms with Crippen molar-refractivity contribution in [2.24, 2.45) is 10.8 Å². The number of nitrogens with two attached hydrogens (primary N) is 1. The van der Waals surface area contributed by atoms with E-state index in [1.807, 2.05) is 11.4 Å². The molecule has 1 aliphatic heterocycles. The van der Waals surface area contributed by atoms with Crippen LogP contribution < -0.4 is 16.1 Å². The van der Waals surface area contributed by atoms with Gasteiger partial charge in [-0.25, -0.2) is 9.37 Å². The standard InChI is InChI=1S/C18H13ClFN5O2S2/c19-15-6-5-14(29-15)12-8-28-18(22-12)23-17(27)11-7-13(16(21)26)25(24-11)10-3-1-9(20)2-4-10/h1-6,8,13H,7H2,(H2,21,26)(H,22,23,27)/t13-/m0/s1. The van der Waals surface area contributed by atoms with Crippen LogP contribution in [0.1, 0.15) is 6.42 Å². The van der Waals surface area contributed by atoms with Crippen LogP contribution in [-0.2, 0) is 9.59 Å². The maximum Gasteiger partial charge on any atom is 0.273 e. The van der Waals surface area contributed by atoms with E-state index in [4.69, 9.17) is 17.3 Å². The topological polar surface area (TPSA) is 101 Å². The maximum absolute atomic E-state index is 13.2. The molecule has 2 amide bonds. The third-order valence-corrected chi connectivity index (χ3v) is 6.15. The molecule has 0 spiro atoms. The summed E-state index contributed by atoms with van der Waals surface area (Å²) in [4.78, 5) is 29.7. The molecule has 1 aliphatic rings. The fourth-order valence-corrected chi connectivity index (χ4v) is 4.55. The van der Waals surface area contributed by atoms with Gasteiger partial charge in [0.15, 0.2) is 5.13 Å². The average Bonchev–Trinajstić information content (AvgIpc) is 3.41. The van der Waals surface area contributed by atoms with Crippen molar-refractivity contribution in [2.45, 2.75) is 12.5 Å². The Morgan fingerprint density at radius 3 is 2.66 bits per heavy atom. The fourth-order valence-electron chi connectivity index (χ4n) is 2.77. The molecule has 3 aromatic rings. The first-order chi connectivity index (χ1) is 13.9. The second kappa shape index (κ2) is 7.90. The highest BCUT2D eigenvalue weighted by Gasteiger charge is 2.35. The van der Waals surface area contributed by atoms with Crippen LogP contribution in [0, 0.1) is 5.82 Å². The zero-order chi connectivity index (χ0) is 20.5. The van der Waals surface area contributed by atoms with Gasteiger partial charge in [-0.3, -0.25) is 19.9 Å². The lowest BCUT2D eigenvalue weighted by atomic mass is 10.1. The van der Waals surface area contributed by atoms with Crippen molar-refractivity contribution >= 4 is 62.6 Å². The number of hydrazone groups is 1. The van der Waals surface area contributed by atoms with Crippen LogP contribution in [0.4, 0.5) is 15.2 Å². The first-order valence-electron chi connectivity index (χ1n) is 8.35. The quantitative estimate of drug-likeness (QED) is 0.619. The van der Waals surface area contributed by atoms with Gasteiger partial charge < -0.3 is 5.73 Å². The molecule has 1 aromatic carbocycles. The van der Waals surface area contributed by atoms with E-state index in [9.17, 15) is 14.0 Å². The summed E-state index contributed by atoms with van der Waals surface area (Å²) >= 11 is 8.60. The Morgan fingerprint density at radius 1 is 1.24 bits per heavy atom. The zero-order valence-corrected chi connectivity index (χ0v) is 17.0. The van der Waals surface area contributed by atoms with Crippen molar-refractivity contribution in [1.29, 1.82) is 0 Å². The number of nitrogens with one attached hydrogen (secondary N) is 1. The molecule has 0 saturated carbocycles. The molecule has 4 rings (SSSR count). The molecule has 3 N–H and O–H groups in total. The third-order valence-electron chi connectivity index (χ3n) is 4.14. The Bertz CT molecular complexity index is 1110. The number of primary amides is 1. The molecule has 0 unspecified atom stereocenters. The Balaban J connectivity index is 1.52. The third kappa shape index (κ3) is 4.14. The van der Waals surface area contributed by atoms with Crippen LogP contribution in [0.15, 0.2) is 46.9 Å². The molecular formula is C18H13ClFN5O2S2. The Hall–Kier alpha value is -2.82. The van der Waals surface area contributed by atoms with Gasteiger partial charge in [-0.05, 0) is 36.4 Å². The summed E-state index contributed by atoms with van der Waals surface area (Å²) in [6.45, 7) is 0. The number of benzene rings is 1. The molecular weight excluding hydrogens is 437 g/mol. The SMILES string of the molecule is NC(=O)[C@@H]1CC(C(=O)Nc2nc(-c3ccc(Cl)s3)cs2)=NN1c1ccc(F)cc1. The summed E-state index contributed by atoms with van der Waals surface area (Å²) < 4.78 is 13.8. The highest BCUT2D eigenvalue weighted by Crippen LogP contribution is 2.33. The van der Waals surface area contributed by atoms with E-state index < -0.39 is 23.7 Å². The van der Waals surface area contributed by atoms with Crippen LogP contribution >= 0.6 is 34.3 Å². The molecule has 3 heterocycles. The lowest BCUT2D eigenvalue weighted by Crippen LogP contribution is -2.39. The first kappa shape index (κ1) is 19.5. The van der Waals surface area contributed by atoms with Crippen molar-refractivity contribution in [3.05, 3.63) is 51.9 Å². The van der Waals surface area contributed by atoms with E-state index in [-0.39, 0.29) is 12.1 Å². The van der Waals surface area contributed by atoms with Crippen LogP contribution in [-0.4, -0.2) is 28.6 Å². The second-order valence-electron chi connectivity index (χ2n) is 6.09. The molecule has 0 saturated heterocycles. The zero-order valence-electron chi connectivity index (χ0n) is 14.6. The van der Waals surface area contributed by atoms with Gasteiger partial charge in [0.1, 0.15) is 17.6 Å². The Morgan fingerprint density at radius 2 is 2.00 bits per heavy atom. The number of hydrogen-bond donors (Lipinski definition) is 2. The van der Waals surface area contributed by atoms with E-state index in [1.165, 1.54) is 51.9 Å². The van der Waals surface area contributed by atoms with Gasteiger partial charge in [-0.15, -0.1) is 22.7 Å². The maximum atomic E-state index is 13.2. The molecule has 0 bridgehead atoms. The smallest absolute Gasteiger partial charge is 0.273 e. The number of hydrogen-bond acceptors (Lipinski definition) is 7. The number of halogens is 2. The molecule has 0 aliphatic carbocycles. The van der Waals surface area contributed by atoms with Gasteiger partial charge in [-0.1, -0.05) is 11.6 Å². The van der Waals surface area contributed by atoms with Gasteiger partial charge in [0.25, 0.3) is 5.91 Å². The minimum atomic E-state index is -0.832. The Labute approximate surface area is 177 Å². The van der Waals surface area contributed by atoms with Crippen LogP contribution in [0.3, 0.4) is 0 Å². The van der Waals surface area contributed by atoms with E-state index in [2.05, 4.69) is 15.4 Å². The summed E-state index contributed by atoms with van der Waals surface area (Å²) in [5.74, 6) is -1.53. The number of thiazole rings is 1. The van der Waals surface area contributed by atoms with Gasteiger partial charge in [-0.2, -0.15) is 5.10 Å². The van der Waals surface area contributed by atoms with Crippen molar-refractivity contribution in [3.63, 3.8) is 0 Å². The van der Waals surface area contributed by atoms with Crippen molar-refractivity contribution in [1.82, 2.24) is 4.98 Å². The lowest BCUT2D eigenvalue weighted by molar-refractivity contribution is -0.119. The normalized spacial score (nSPS) is 16.0. The lowest BCUT2D eigenvalue weighted by Gasteiger charge is -2.20. The predicted octanol–water partition coefficient (Wildman–Crippen LogP) is 3.72. The van der Waals surface area contributed by atoms with E-state index >= 15 is 0 Å². The molecule has 11 heteroatoms. The predicted molar refractivity (Wildman–Crippen MR) is 113 cm³/mol. The number of nitrogens with zero attached hydrogens (tertiary/aromatic N) is 3. The van der Waals surface area contributed by atoms with Crippen molar-refractivity contribution in [2.75, 3.05) is 10.3 Å². The Kier molecular flexibility index (Phi) is 5.31. The van der Waals surface area contributed by atoms with Gasteiger partial charge in [0.05, 0.1) is 20.6 Å². The monoisotopic (exact) mass is 449 g/mol. The first-order valence-corrected chi connectivity index (χ1v) is 10.4. The largest absolute Gasteiger partial charge is 0.368 e. The highest BCUT2D eigenvalue weighted by molar-refractivity contribution is 7.20. The van der Waals surface area contributed by atoms with Gasteiger partial charge in [0.2, 0.25) is 5.91 Å². The fraction of sp³-hybridized carbons (Fsp3) is 0.111. The molecule has 2 aromatic heterocycles. The molecule has 1 atom stereocenters. The van der Waals surface area contributed by atoms with Crippen LogP contribution in [0.5, 0.6) is 0 Å². The summed E-state index contributed by atoms with van der Waals surface area (Å²) in [6.07, 6.45) is 0.0390. The van der Waals surface area contributed by atoms with E-state index in [0.29, 0.717) is 20.8 Å². The number of carbonyl (C=O) groups is 2. The van der Waals surface area contributed by atoms with Gasteiger partial charge in [0, 0.05) is 11.8 Å². The van der Waals surface area contributed by atoms with E-state index in [1.54, 1.807) is 6.07 Å². The minimum Gasteiger partial charge on any atom is -0.368 e. The van der Waals surface area contributed by atoms with Crippen molar-refractivity contribution in [3.8, 4) is 10.6 Å². The summed E-state index contributed by atoms with van der Waals surface area (Å²) in [5.41, 5.74) is 6.76. The number of amides is 2. The highest BCUT2D eigenvalue weighted by atomic mass is 35.5. The summed E-state index contributed by atoms with van der Waals surface area (Å²) in [7, 11) is 0. The number of anilines is 2. The minimum absolute atomic E-state index is 0.0390. The number of thiophene rings is 1. The van der Waals surface area contributed by atoms with Gasteiger partial charge >= 0.3 is 0 Å². The number of carbonyl (C=O) groups excluding carboxylic acids is 2.